The van der Waals surface area contributed by atoms with Crippen LogP contribution in [-0.2, 0) is 5.41 Å². The molecule has 65 heavy (non-hydrogen) atoms. The zero-order valence-electron chi connectivity index (χ0n) is 36.2. The minimum Gasteiger partial charge on any atom is -0.456 e. The van der Waals surface area contributed by atoms with Crippen molar-refractivity contribution in [2.24, 2.45) is 0 Å². The Labute approximate surface area is 378 Å². The molecule has 0 fully saturated rings. The van der Waals surface area contributed by atoms with Gasteiger partial charge >= 0.3 is 0 Å². The van der Waals surface area contributed by atoms with E-state index < -0.39 is 0 Å². The molecule has 2 nitrogen and oxygen atoms in total. The van der Waals surface area contributed by atoms with Crippen molar-refractivity contribution in [3.63, 3.8) is 0 Å². The summed E-state index contributed by atoms with van der Waals surface area (Å²) in [5.41, 5.74) is 17.6. The third-order valence-corrected chi connectivity index (χ3v) is 14.1. The van der Waals surface area contributed by atoms with Crippen LogP contribution < -0.4 is 4.90 Å². The number of para-hydroxylation sites is 1. The molecule has 0 N–H and O–H groups in total. The fraction of sp³-hybridized carbons (Fsp3) is 0.0476. The molecule has 13 rings (SSSR count). The summed E-state index contributed by atoms with van der Waals surface area (Å²) in [4.78, 5) is 2.41. The molecule has 1 aromatic heterocycles. The number of furan rings is 1. The van der Waals surface area contributed by atoms with Gasteiger partial charge in [-0.1, -0.05) is 178 Å². The second-order valence-electron chi connectivity index (χ2n) is 18.0. The van der Waals surface area contributed by atoms with Crippen LogP contribution in [0, 0.1) is 0 Å². The van der Waals surface area contributed by atoms with Crippen molar-refractivity contribution in [1.82, 2.24) is 0 Å². The molecular weight excluding hydrogens is 787 g/mol. The summed E-state index contributed by atoms with van der Waals surface area (Å²) in [7, 11) is 0. The molecular formula is C63H43NO. The number of fused-ring (bicyclic) bond motifs is 13. The van der Waals surface area contributed by atoms with E-state index in [0.29, 0.717) is 0 Å². The van der Waals surface area contributed by atoms with Gasteiger partial charge in [-0.15, -0.1) is 0 Å². The largest absolute Gasteiger partial charge is 0.456 e. The van der Waals surface area contributed by atoms with Crippen LogP contribution in [0.15, 0.2) is 229 Å². The predicted molar refractivity (Wildman–Crippen MR) is 275 cm³/mol. The predicted octanol–water partition coefficient (Wildman–Crippen LogP) is 17.8. The lowest BCUT2D eigenvalue weighted by atomic mass is 9.82. The zero-order chi connectivity index (χ0) is 43.2. The Balaban J connectivity index is 0.917. The van der Waals surface area contributed by atoms with Gasteiger partial charge in [0.2, 0.25) is 0 Å². The maximum atomic E-state index is 6.40. The quantitative estimate of drug-likeness (QED) is 0.155. The van der Waals surface area contributed by atoms with Gasteiger partial charge in [-0.05, 0) is 143 Å². The second-order valence-corrected chi connectivity index (χ2v) is 18.0. The Morgan fingerprint density at radius 1 is 0.308 bits per heavy atom. The Morgan fingerprint density at radius 3 is 1.52 bits per heavy atom. The summed E-state index contributed by atoms with van der Waals surface area (Å²) in [5.74, 6) is 0. The van der Waals surface area contributed by atoms with Gasteiger partial charge in [0.15, 0.2) is 0 Å². The highest BCUT2D eigenvalue weighted by atomic mass is 16.3. The first-order chi connectivity index (χ1) is 32.0. The molecule has 0 bridgehead atoms. The molecule has 306 valence electrons. The molecule has 1 aliphatic carbocycles. The van der Waals surface area contributed by atoms with Gasteiger partial charge < -0.3 is 9.32 Å². The van der Waals surface area contributed by atoms with Crippen molar-refractivity contribution in [3.8, 4) is 44.5 Å². The van der Waals surface area contributed by atoms with Crippen molar-refractivity contribution in [3.05, 3.63) is 236 Å². The van der Waals surface area contributed by atoms with Gasteiger partial charge in [-0.2, -0.15) is 0 Å². The molecule has 0 unspecified atom stereocenters. The van der Waals surface area contributed by atoms with Gasteiger partial charge in [0.1, 0.15) is 11.2 Å². The fourth-order valence-electron chi connectivity index (χ4n) is 10.8. The Hall–Kier alpha value is -8.20. The molecule has 11 aromatic carbocycles. The molecule has 2 heteroatoms. The van der Waals surface area contributed by atoms with Crippen molar-refractivity contribution in [2.45, 2.75) is 19.3 Å². The molecule has 0 saturated heterocycles. The molecule has 0 radical (unpaired) electrons. The highest BCUT2D eigenvalue weighted by Gasteiger charge is 2.35. The average molecular weight is 830 g/mol. The van der Waals surface area contributed by atoms with E-state index in [1.807, 2.05) is 6.07 Å². The topological polar surface area (TPSA) is 16.4 Å². The maximum Gasteiger partial charge on any atom is 0.136 e. The summed E-state index contributed by atoms with van der Waals surface area (Å²) in [5, 5.41) is 9.80. The summed E-state index contributed by atoms with van der Waals surface area (Å²) < 4.78 is 6.40. The number of hydrogen-bond acceptors (Lipinski definition) is 2. The monoisotopic (exact) mass is 829 g/mol. The Kier molecular flexibility index (Phi) is 8.29. The third kappa shape index (κ3) is 5.88. The first-order valence-corrected chi connectivity index (χ1v) is 22.6. The number of hydrogen-bond donors (Lipinski definition) is 0. The van der Waals surface area contributed by atoms with Crippen molar-refractivity contribution in [1.29, 1.82) is 0 Å². The molecule has 12 aromatic rings. The van der Waals surface area contributed by atoms with E-state index in [-0.39, 0.29) is 5.41 Å². The zero-order valence-corrected chi connectivity index (χ0v) is 36.2. The first-order valence-electron chi connectivity index (χ1n) is 22.6. The Bertz CT molecular complexity index is 3820. The van der Waals surface area contributed by atoms with E-state index >= 15 is 0 Å². The van der Waals surface area contributed by atoms with Gasteiger partial charge in [-0.25, -0.2) is 0 Å². The number of nitrogens with zero attached hydrogens (tertiary/aromatic N) is 1. The molecule has 0 aliphatic heterocycles. The van der Waals surface area contributed by atoms with Crippen LogP contribution in [0.3, 0.4) is 0 Å². The lowest BCUT2D eigenvalue weighted by Gasteiger charge is -2.28. The number of rotatable bonds is 6. The normalized spacial score (nSPS) is 12.9. The van der Waals surface area contributed by atoms with E-state index in [1.165, 1.54) is 93.3 Å². The van der Waals surface area contributed by atoms with E-state index in [1.54, 1.807) is 0 Å². The van der Waals surface area contributed by atoms with Crippen molar-refractivity contribution in [2.75, 3.05) is 4.90 Å². The molecule has 0 saturated carbocycles. The van der Waals surface area contributed by atoms with E-state index in [4.69, 9.17) is 4.42 Å². The van der Waals surface area contributed by atoms with E-state index in [9.17, 15) is 0 Å². The average Bonchev–Trinajstić information content (AvgIpc) is 3.86. The van der Waals surface area contributed by atoms with Gasteiger partial charge in [0.25, 0.3) is 0 Å². The fourth-order valence-corrected chi connectivity index (χ4v) is 10.8. The third-order valence-electron chi connectivity index (χ3n) is 14.1. The maximum absolute atomic E-state index is 6.40. The van der Waals surface area contributed by atoms with Crippen molar-refractivity contribution >= 4 is 71.3 Å². The minimum atomic E-state index is -0.116. The molecule has 1 aliphatic rings. The summed E-state index contributed by atoms with van der Waals surface area (Å²) in [6.45, 7) is 4.71. The van der Waals surface area contributed by atoms with E-state index in [2.05, 4.69) is 237 Å². The Morgan fingerprint density at radius 2 is 0.800 bits per heavy atom. The van der Waals surface area contributed by atoms with Crippen LogP contribution in [-0.4, -0.2) is 0 Å². The van der Waals surface area contributed by atoms with E-state index in [0.717, 1.165) is 33.6 Å². The van der Waals surface area contributed by atoms with Crippen LogP contribution in [0.25, 0.3) is 98.8 Å². The van der Waals surface area contributed by atoms with Crippen LogP contribution in [0.1, 0.15) is 25.0 Å². The highest BCUT2D eigenvalue weighted by Crippen LogP contribution is 2.51. The standard InChI is InChI=1S/C63H43NO/c1-63(2)57-18-10-8-15-51(57)52-35-33-48(39-58(52)63)64(46-29-24-43(25-30-46)42-22-20-41(21-23-42)40-12-4-3-5-13-40)47-31-26-44(27-32-47)45-28-34-50-49-14-6-7-16-53(49)61-54(56(50)38-45)36-37-60-62(61)55-17-9-11-19-59(55)65-60/h3-39H,1-2H3. The van der Waals surface area contributed by atoms with Crippen molar-refractivity contribution < 1.29 is 4.42 Å². The molecule has 0 spiro atoms. The first kappa shape index (κ1) is 37.4. The molecule has 0 amide bonds. The van der Waals surface area contributed by atoms with Gasteiger partial charge in [0.05, 0.1) is 0 Å². The summed E-state index contributed by atoms with van der Waals surface area (Å²) >= 11 is 0. The number of benzene rings is 11. The van der Waals surface area contributed by atoms with Crippen LogP contribution in [0.2, 0.25) is 0 Å². The highest BCUT2D eigenvalue weighted by molar-refractivity contribution is 6.34. The summed E-state index contributed by atoms with van der Waals surface area (Å²) in [6, 6.07) is 82.1. The minimum absolute atomic E-state index is 0.116. The van der Waals surface area contributed by atoms with Crippen LogP contribution in [0.5, 0.6) is 0 Å². The lowest BCUT2D eigenvalue weighted by molar-refractivity contribution is 0.660. The van der Waals surface area contributed by atoms with Gasteiger partial charge in [0, 0.05) is 38.6 Å². The van der Waals surface area contributed by atoms with Crippen LogP contribution in [0.4, 0.5) is 17.1 Å². The lowest BCUT2D eigenvalue weighted by Crippen LogP contribution is -2.16. The van der Waals surface area contributed by atoms with Gasteiger partial charge in [-0.3, -0.25) is 0 Å². The second kappa shape index (κ2) is 14.4. The summed E-state index contributed by atoms with van der Waals surface area (Å²) in [6.07, 6.45) is 0. The molecule has 0 atom stereocenters. The molecule has 1 heterocycles. The van der Waals surface area contributed by atoms with Crippen LogP contribution >= 0.6 is 0 Å². The smallest absolute Gasteiger partial charge is 0.136 e. The SMILES string of the molecule is CC1(C)c2ccccc2-c2ccc(N(c3ccc(-c4ccc(-c5ccccc5)cc4)cc3)c3ccc(-c4ccc5c6ccccc6c6c(ccc7oc8ccccc8c76)c5c4)cc3)cc21. The number of anilines is 3.